The minimum atomic E-state index is -0.656. The minimum absolute atomic E-state index is 0.143. The van der Waals surface area contributed by atoms with Crippen molar-refractivity contribution in [3.05, 3.63) is 43.4 Å². The summed E-state index contributed by atoms with van der Waals surface area (Å²) in [6.45, 7) is 4.01. The second-order valence-corrected chi connectivity index (χ2v) is 5.24. The third-order valence-corrected chi connectivity index (χ3v) is 3.88. The highest BCUT2D eigenvalue weighted by atomic mass is 32.1. The van der Waals surface area contributed by atoms with Crippen LogP contribution in [0.5, 0.6) is 11.6 Å². The second kappa shape index (κ2) is 7.21. The van der Waals surface area contributed by atoms with E-state index in [2.05, 4.69) is 10.2 Å². The molecule has 0 spiro atoms. The van der Waals surface area contributed by atoms with E-state index in [1.54, 1.807) is 13.8 Å². The van der Waals surface area contributed by atoms with Crippen molar-refractivity contribution >= 4 is 29.3 Å². The molecule has 0 amide bonds. The Hall–Kier alpha value is -3.08. The van der Waals surface area contributed by atoms with Gasteiger partial charge in [0.25, 0.3) is 11.2 Å². The molecule has 1 heterocycles. The summed E-state index contributed by atoms with van der Waals surface area (Å²) in [4.78, 5) is 22.5. The van der Waals surface area contributed by atoms with Gasteiger partial charge in [-0.15, -0.1) is 10.2 Å². The summed E-state index contributed by atoms with van der Waals surface area (Å²) in [6, 6.07) is 3.20. The molecule has 0 saturated carbocycles. The number of aromatic hydroxyl groups is 2. The number of hydrogen-bond acceptors (Lipinski definition) is 8. The molecule has 0 aliphatic rings. The van der Waals surface area contributed by atoms with Crippen molar-refractivity contribution < 1.29 is 15.1 Å². The van der Waals surface area contributed by atoms with Crippen molar-refractivity contribution in [2.75, 3.05) is 0 Å². The Bertz CT molecular complexity index is 979. The smallest absolute Gasteiger partial charge is 0.286 e. The molecule has 2 N–H and O–H groups in total. The van der Waals surface area contributed by atoms with Gasteiger partial charge in [0.1, 0.15) is 11.4 Å². The van der Waals surface area contributed by atoms with Gasteiger partial charge in [0.05, 0.1) is 4.92 Å². The fourth-order valence-corrected chi connectivity index (χ4v) is 2.56. The lowest BCUT2D eigenvalue weighted by molar-refractivity contribution is -0.384. The Morgan fingerprint density at radius 1 is 1.20 bits per heavy atom. The summed E-state index contributed by atoms with van der Waals surface area (Å²) in [5, 5.41) is 38.1. The van der Waals surface area contributed by atoms with Crippen LogP contribution in [0.15, 0.2) is 33.2 Å². The van der Waals surface area contributed by atoms with Crippen molar-refractivity contribution in [3.63, 3.8) is 0 Å². The van der Waals surface area contributed by atoms with Gasteiger partial charge in [0.15, 0.2) is 4.77 Å². The van der Waals surface area contributed by atoms with E-state index in [1.165, 1.54) is 9.13 Å². The maximum atomic E-state index is 12.4. The lowest BCUT2D eigenvalue weighted by Crippen LogP contribution is -2.24. The molecule has 0 bridgehead atoms. The van der Waals surface area contributed by atoms with Gasteiger partial charge >= 0.3 is 0 Å². The average Bonchev–Trinajstić information content (AvgIpc) is 2.56. The largest absolute Gasteiger partial charge is 0.506 e. The Kier molecular flexibility index (Phi) is 5.27. The standard InChI is InChI=1S/C14H15N5O5S/c1-3-17-12(21)11(13(22)18(4-2)14(17)25)16-15-9-7-8(19(23)24)5-6-10(9)20/h5-7,20-21H,3-4H2,1-2H3. The van der Waals surface area contributed by atoms with Crippen LogP contribution in [0.4, 0.5) is 17.1 Å². The van der Waals surface area contributed by atoms with Crippen molar-refractivity contribution in [1.82, 2.24) is 9.13 Å². The minimum Gasteiger partial charge on any atom is -0.506 e. The van der Waals surface area contributed by atoms with E-state index in [-0.39, 0.29) is 34.1 Å². The number of phenolic OH excluding ortho intramolecular Hbond substituents is 1. The fraction of sp³-hybridized carbons (Fsp3) is 0.286. The zero-order chi connectivity index (χ0) is 18.7. The van der Waals surface area contributed by atoms with Crippen LogP contribution in [-0.2, 0) is 13.1 Å². The summed E-state index contributed by atoms with van der Waals surface area (Å²) in [6.07, 6.45) is 0. The predicted octanol–water partition coefficient (Wildman–Crippen LogP) is 3.15. The number of azo groups is 1. The van der Waals surface area contributed by atoms with Gasteiger partial charge in [-0.1, -0.05) is 0 Å². The number of aromatic nitrogens is 2. The number of benzene rings is 1. The first-order chi connectivity index (χ1) is 11.8. The number of phenols is 1. The molecule has 2 rings (SSSR count). The van der Waals surface area contributed by atoms with E-state index in [4.69, 9.17) is 12.2 Å². The van der Waals surface area contributed by atoms with Gasteiger partial charge in [-0.05, 0) is 32.1 Å². The van der Waals surface area contributed by atoms with E-state index >= 15 is 0 Å². The molecule has 0 radical (unpaired) electrons. The molecule has 0 unspecified atom stereocenters. The lowest BCUT2D eigenvalue weighted by Gasteiger charge is -2.12. The molecule has 10 nitrogen and oxygen atoms in total. The molecule has 0 atom stereocenters. The van der Waals surface area contributed by atoms with Crippen LogP contribution < -0.4 is 5.56 Å². The molecule has 1 aromatic heterocycles. The van der Waals surface area contributed by atoms with Crippen molar-refractivity contribution in [1.29, 1.82) is 0 Å². The number of nitro groups is 1. The molecule has 132 valence electrons. The Morgan fingerprint density at radius 3 is 2.40 bits per heavy atom. The summed E-state index contributed by atoms with van der Waals surface area (Å²) in [5.74, 6) is -0.816. The first-order valence-corrected chi connectivity index (χ1v) is 7.68. The SMILES string of the molecule is CCn1c(O)c(N=Nc2cc([N+](=O)[O-])ccc2O)c(=O)n(CC)c1=S. The lowest BCUT2D eigenvalue weighted by atomic mass is 10.2. The van der Waals surface area contributed by atoms with Crippen molar-refractivity contribution in [2.24, 2.45) is 10.2 Å². The van der Waals surface area contributed by atoms with Crippen LogP contribution >= 0.6 is 12.2 Å². The highest BCUT2D eigenvalue weighted by Crippen LogP contribution is 2.32. The Morgan fingerprint density at radius 2 is 1.84 bits per heavy atom. The molecule has 2 aromatic rings. The quantitative estimate of drug-likeness (QED) is 0.361. The molecule has 0 saturated heterocycles. The van der Waals surface area contributed by atoms with E-state index in [1.807, 2.05) is 0 Å². The van der Waals surface area contributed by atoms with E-state index < -0.39 is 16.4 Å². The Balaban J connectivity index is 2.63. The maximum absolute atomic E-state index is 12.4. The number of hydrogen-bond donors (Lipinski definition) is 2. The molecule has 0 aliphatic carbocycles. The molecule has 0 aliphatic heterocycles. The monoisotopic (exact) mass is 365 g/mol. The van der Waals surface area contributed by atoms with Gasteiger partial charge in [-0.25, -0.2) is 0 Å². The third-order valence-electron chi connectivity index (χ3n) is 3.44. The normalized spacial score (nSPS) is 11.1. The van der Waals surface area contributed by atoms with E-state index in [0.717, 1.165) is 18.2 Å². The second-order valence-electron chi connectivity index (χ2n) is 4.88. The predicted molar refractivity (Wildman–Crippen MR) is 91.5 cm³/mol. The van der Waals surface area contributed by atoms with Gasteiger partial charge in [-0.2, -0.15) is 0 Å². The van der Waals surface area contributed by atoms with Crippen molar-refractivity contribution in [2.45, 2.75) is 26.9 Å². The number of nitro benzene ring substituents is 1. The molecule has 0 fully saturated rings. The fourth-order valence-electron chi connectivity index (χ4n) is 2.14. The first kappa shape index (κ1) is 18.3. The maximum Gasteiger partial charge on any atom is 0.286 e. The van der Waals surface area contributed by atoms with Gasteiger partial charge < -0.3 is 10.2 Å². The highest BCUT2D eigenvalue weighted by molar-refractivity contribution is 7.71. The average molecular weight is 365 g/mol. The number of rotatable bonds is 5. The van der Waals surface area contributed by atoms with Crippen LogP contribution in [-0.4, -0.2) is 24.3 Å². The Labute approximate surface area is 146 Å². The topological polar surface area (TPSA) is 135 Å². The summed E-state index contributed by atoms with van der Waals surface area (Å²) >= 11 is 5.15. The molecule has 1 aromatic carbocycles. The van der Waals surface area contributed by atoms with Crippen LogP contribution in [0.1, 0.15) is 13.8 Å². The highest BCUT2D eigenvalue weighted by Gasteiger charge is 2.16. The van der Waals surface area contributed by atoms with Crippen LogP contribution in [0, 0.1) is 14.9 Å². The van der Waals surface area contributed by atoms with Crippen LogP contribution in [0.25, 0.3) is 0 Å². The van der Waals surface area contributed by atoms with Gasteiger partial charge in [0.2, 0.25) is 11.6 Å². The summed E-state index contributed by atoms with van der Waals surface area (Å²) < 4.78 is 2.69. The zero-order valence-corrected chi connectivity index (χ0v) is 14.2. The molecular weight excluding hydrogens is 350 g/mol. The third kappa shape index (κ3) is 3.40. The molecule has 25 heavy (non-hydrogen) atoms. The van der Waals surface area contributed by atoms with Crippen LogP contribution in [0.2, 0.25) is 0 Å². The summed E-state index contributed by atoms with van der Waals surface area (Å²) in [7, 11) is 0. The van der Waals surface area contributed by atoms with E-state index in [9.17, 15) is 25.1 Å². The first-order valence-electron chi connectivity index (χ1n) is 7.27. The number of non-ortho nitro benzene ring substituents is 1. The van der Waals surface area contributed by atoms with Gasteiger partial charge in [0, 0.05) is 25.2 Å². The summed E-state index contributed by atoms with van der Waals surface area (Å²) in [5.41, 5.74) is -1.53. The molecule has 11 heteroatoms. The van der Waals surface area contributed by atoms with Gasteiger partial charge in [-0.3, -0.25) is 24.0 Å². The zero-order valence-electron chi connectivity index (χ0n) is 13.4. The van der Waals surface area contributed by atoms with E-state index in [0.29, 0.717) is 6.54 Å². The van der Waals surface area contributed by atoms with Crippen LogP contribution in [0.3, 0.4) is 0 Å². The van der Waals surface area contributed by atoms with Crippen molar-refractivity contribution in [3.8, 4) is 11.6 Å². The molecular formula is C14H15N5O5S. The number of nitrogens with zero attached hydrogens (tertiary/aromatic N) is 5.